The second kappa shape index (κ2) is 6.98. The van der Waals surface area contributed by atoms with Crippen LogP contribution in [0.3, 0.4) is 0 Å². The fourth-order valence-corrected chi connectivity index (χ4v) is 3.19. The number of fused-ring (bicyclic) bond motifs is 1. The highest BCUT2D eigenvalue weighted by Crippen LogP contribution is 2.31. The average molecular weight is 329 g/mol. The monoisotopic (exact) mass is 329 g/mol. The fourth-order valence-electron chi connectivity index (χ4n) is 3.19. The molecular formula is C17H23N5O2. The predicted molar refractivity (Wildman–Crippen MR) is 90.4 cm³/mol. The van der Waals surface area contributed by atoms with E-state index in [2.05, 4.69) is 10.3 Å². The Hall–Kier alpha value is -2.44. The first-order valence-corrected chi connectivity index (χ1v) is 8.43. The number of hydrogen-bond donors (Lipinski definition) is 1. The molecule has 1 N–H and O–H groups in total. The maximum atomic E-state index is 11.6. The molecule has 1 fully saturated rings. The average Bonchev–Trinajstić information content (AvgIpc) is 3.20. The lowest BCUT2D eigenvalue weighted by Gasteiger charge is -2.12. The Morgan fingerprint density at radius 2 is 2.25 bits per heavy atom. The van der Waals surface area contributed by atoms with E-state index in [4.69, 9.17) is 5.10 Å². The molecule has 0 unspecified atom stereocenters. The van der Waals surface area contributed by atoms with E-state index < -0.39 is 0 Å². The van der Waals surface area contributed by atoms with Crippen LogP contribution in [0, 0.1) is 0 Å². The summed E-state index contributed by atoms with van der Waals surface area (Å²) < 4.78 is 1.86. The lowest BCUT2D eigenvalue weighted by Crippen LogP contribution is -2.26. The van der Waals surface area contributed by atoms with Gasteiger partial charge in [0.2, 0.25) is 11.8 Å². The molecule has 0 aliphatic carbocycles. The van der Waals surface area contributed by atoms with Gasteiger partial charge >= 0.3 is 0 Å². The molecule has 0 aromatic carbocycles. The Bertz CT molecular complexity index is 755. The summed E-state index contributed by atoms with van der Waals surface area (Å²) >= 11 is 0. The molecule has 24 heavy (non-hydrogen) atoms. The number of amides is 2. The molecule has 2 aromatic rings. The molecule has 3 heterocycles. The fraction of sp³-hybridized carbons (Fsp3) is 0.529. The molecule has 7 nitrogen and oxygen atoms in total. The lowest BCUT2D eigenvalue weighted by molar-refractivity contribution is -0.127. The van der Waals surface area contributed by atoms with Crippen LogP contribution >= 0.6 is 0 Å². The van der Waals surface area contributed by atoms with Crippen molar-refractivity contribution in [1.29, 1.82) is 0 Å². The van der Waals surface area contributed by atoms with E-state index >= 15 is 0 Å². The van der Waals surface area contributed by atoms with Gasteiger partial charge in [-0.05, 0) is 18.6 Å². The number of rotatable bonds is 5. The molecule has 0 radical (unpaired) electrons. The molecule has 1 atom stereocenters. The van der Waals surface area contributed by atoms with Crippen molar-refractivity contribution in [2.24, 2.45) is 0 Å². The van der Waals surface area contributed by atoms with Gasteiger partial charge in [0.05, 0.1) is 12.2 Å². The minimum absolute atomic E-state index is 0.0348. The van der Waals surface area contributed by atoms with Crippen molar-refractivity contribution in [2.75, 3.05) is 19.6 Å². The quantitative estimate of drug-likeness (QED) is 0.896. The van der Waals surface area contributed by atoms with Crippen molar-refractivity contribution >= 4 is 22.8 Å². The first-order valence-electron chi connectivity index (χ1n) is 8.43. The lowest BCUT2D eigenvalue weighted by atomic mass is 10.0. The zero-order valence-corrected chi connectivity index (χ0v) is 14.2. The van der Waals surface area contributed by atoms with Gasteiger partial charge in [-0.15, -0.1) is 0 Å². The summed E-state index contributed by atoms with van der Waals surface area (Å²) in [4.78, 5) is 29.3. The second-order valence-electron chi connectivity index (χ2n) is 6.14. The molecule has 1 saturated heterocycles. The SMILES string of the molecule is CCC(=O)NCCn1nc([C@@H]2CCN(C(C)=O)C2)c2cccnc21. The molecule has 2 amide bonds. The van der Waals surface area contributed by atoms with Crippen LogP contribution in [0.2, 0.25) is 0 Å². The first-order chi connectivity index (χ1) is 11.6. The van der Waals surface area contributed by atoms with Crippen LogP contribution in [-0.4, -0.2) is 51.1 Å². The smallest absolute Gasteiger partial charge is 0.219 e. The normalized spacial score (nSPS) is 17.4. The molecule has 0 bridgehead atoms. The summed E-state index contributed by atoms with van der Waals surface area (Å²) in [5, 5.41) is 8.66. The predicted octanol–water partition coefficient (Wildman–Crippen LogP) is 1.29. The number of nitrogens with one attached hydrogen (secondary N) is 1. The zero-order valence-electron chi connectivity index (χ0n) is 14.2. The minimum atomic E-state index is 0.0348. The Morgan fingerprint density at radius 1 is 1.42 bits per heavy atom. The van der Waals surface area contributed by atoms with Crippen molar-refractivity contribution in [3.63, 3.8) is 0 Å². The molecule has 0 saturated carbocycles. The van der Waals surface area contributed by atoms with Crippen LogP contribution in [0.25, 0.3) is 11.0 Å². The molecular weight excluding hydrogens is 306 g/mol. The maximum absolute atomic E-state index is 11.6. The maximum Gasteiger partial charge on any atom is 0.219 e. The third kappa shape index (κ3) is 3.25. The summed E-state index contributed by atoms with van der Waals surface area (Å²) in [7, 11) is 0. The highest BCUT2D eigenvalue weighted by molar-refractivity contribution is 5.79. The zero-order chi connectivity index (χ0) is 17.1. The summed E-state index contributed by atoms with van der Waals surface area (Å²) in [6, 6.07) is 3.94. The van der Waals surface area contributed by atoms with Gasteiger partial charge in [-0.2, -0.15) is 5.10 Å². The number of carbonyl (C=O) groups excluding carboxylic acids is 2. The molecule has 1 aliphatic heterocycles. The highest BCUT2D eigenvalue weighted by Gasteiger charge is 2.29. The molecule has 2 aromatic heterocycles. The van der Waals surface area contributed by atoms with Crippen molar-refractivity contribution in [2.45, 2.75) is 39.2 Å². The van der Waals surface area contributed by atoms with Crippen LogP contribution in [0.5, 0.6) is 0 Å². The molecule has 7 heteroatoms. The largest absolute Gasteiger partial charge is 0.354 e. The van der Waals surface area contributed by atoms with E-state index in [1.807, 2.05) is 28.6 Å². The van der Waals surface area contributed by atoms with E-state index in [-0.39, 0.29) is 17.7 Å². The molecule has 128 valence electrons. The minimum Gasteiger partial charge on any atom is -0.354 e. The van der Waals surface area contributed by atoms with Crippen molar-refractivity contribution in [3.8, 4) is 0 Å². The molecule has 3 rings (SSSR count). The van der Waals surface area contributed by atoms with Crippen LogP contribution in [0.4, 0.5) is 0 Å². The van der Waals surface area contributed by atoms with Gasteiger partial charge < -0.3 is 10.2 Å². The Morgan fingerprint density at radius 3 is 2.96 bits per heavy atom. The second-order valence-corrected chi connectivity index (χ2v) is 6.14. The van der Waals surface area contributed by atoms with Crippen LogP contribution in [0.1, 0.15) is 38.3 Å². The van der Waals surface area contributed by atoms with E-state index in [1.165, 1.54) is 0 Å². The van der Waals surface area contributed by atoms with E-state index in [9.17, 15) is 9.59 Å². The summed E-state index contributed by atoms with van der Waals surface area (Å²) in [6.07, 6.45) is 3.16. The summed E-state index contributed by atoms with van der Waals surface area (Å²) in [5.41, 5.74) is 1.84. The van der Waals surface area contributed by atoms with Gasteiger partial charge in [0.1, 0.15) is 0 Å². The number of aromatic nitrogens is 3. The molecule has 1 aliphatic rings. The van der Waals surface area contributed by atoms with E-state index in [0.717, 1.165) is 29.7 Å². The van der Waals surface area contributed by atoms with E-state index in [0.29, 0.717) is 26.1 Å². The molecule has 0 spiro atoms. The standard InChI is InChI=1S/C17H23N5O2/c1-3-15(24)18-8-10-22-17-14(5-4-7-19-17)16(20-22)13-6-9-21(11-13)12(2)23/h4-5,7,13H,3,6,8-11H2,1-2H3,(H,18,24)/t13-/m1/s1. The van der Waals surface area contributed by atoms with Crippen molar-refractivity contribution in [3.05, 3.63) is 24.0 Å². The number of carbonyl (C=O) groups is 2. The highest BCUT2D eigenvalue weighted by atomic mass is 16.2. The first kappa shape index (κ1) is 16.4. The van der Waals surface area contributed by atoms with Gasteiger partial charge in [-0.3, -0.25) is 9.59 Å². The van der Waals surface area contributed by atoms with Crippen LogP contribution in [-0.2, 0) is 16.1 Å². The summed E-state index contributed by atoms with van der Waals surface area (Å²) in [6.45, 7) is 6.05. The Balaban J connectivity index is 1.81. The van der Waals surface area contributed by atoms with Crippen molar-refractivity contribution in [1.82, 2.24) is 25.0 Å². The third-order valence-corrected chi connectivity index (χ3v) is 4.52. The van der Waals surface area contributed by atoms with Gasteiger partial charge in [0.25, 0.3) is 0 Å². The number of hydrogen-bond acceptors (Lipinski definition) is 4. The van der Waals surface area contributed by atoms with Crippen LogP contribution < -0.4 is 5.32 Å². The van der Waals surface area contributed by atoms with Crippen molar-refractivity contribution < 1.29 is 9.59 Å². The Kier molecular flexibility index (Phi) is 4.78. The summed E-state index contributed by atoms with van der Waals surface area (Å²) in [5.74, 6) is 0.390. The van der Waals surface area contributed by atoms with Gasteiger partial charge in [-0.1, -0.05) is 6.92 Å². The van der Waals surface area contributed by atoms with Gasteiger partial charge in [0.15, 0.2) is 5.65 Å². The Labute approximate surface area is 141 Å². The number of likely N-dealkylation sites (tertiary alicyclic amines) is 1. The van der Waals surface area contributed by atoms with Gasteiger partial charge in [-0.25, -0.2) is 9.67 Å². The topological polar surface area (TPSA) is 80.1 Å². The van der Waals surface area contributed by atoms with E-state index in [1.54, 1.807) is 13.1 Å². The number of nitrogens with zero attached hydrogens (tertiary/aromatic N) is 4. The van der Waals surface area contributed by atoms with Crippen LogP contribution in [0.15, 0.2) is 18.3 Å². The third-order valence-electron chi connectivity index (χ3n) is 4.52. The number of pyridine rings is 1. The van der Waals surface area contributed by atoms with Gasteiger partial charge in [0, 0.05) is 50.5 Å².